The van der Waals surface area contributed by atoms with Crippen LogP contribution in [0.2, 0.25) is 0 Å². The zero-order valence-electron chi connectivity index (χ0n) is 16.2. The molecule has 0 aromatic heterocycles. The largest absolute Gasteiger partial charge is 0.360 e. The number of Topliss-reactive ketones (excluding diaryl/α,β-unsaturated/α-hetero) is 1. The fraction of sp³-hybridized carbons (Fsp3) is 0.318. The average molecular weight is 396 g/mol. The van der Waals surface area contributed by atoms with Gasteiger partial charge < -0.3 is 9.80 Å². The standard InChI is InChI=1S/C22H22FN3O3/c1-15(27)16-6-8-17(9-7-16)24-10-12-25(13-11-24)20-14-21(28)26(22(20)29)19-5-3-2-4-18(19)23/h2-9,20H,10-14H2,1H3/p+1/t20-/m1/s1. The molecule has 1 N–H and O–H groups in total. The first-order valence-corrected chi connectivity index (χ1v) is 9.77. The molecule has 2 fully saturated rings. The Morgan fingerprint density at radius 2 is 1.69 bits per heavy atom. The molecule has 2 saturated heterocycles. The van der Waals surface area contributed by atoms with Crippen LogP contribution in [0.25, 0.3) is 0 Å². The van der Waals surface area contributed by atoms with Crippen LogP contribution in [0.5, 0.6) is 0 Å². The second-order valence-electron chi connectivity index (χ2n) is 7.52. The van der Waals surface area contributed by atoms with E-state index < -0.39 is 11.9 Å². The van der Waals surface area contributed by atoms with Crippen molar-refractivity contribution in [1.29, 1.82) is 0 Å². The van der Waals surface area contributed by atoms with Gasteiger partial charge in [-0.05, 0) is 43.3 Å². The van der Waals surface area contributed by atoms with E-state index in [9.17, 15) is 18.8 Å². The molecule has 2 aliphatic rings. The zero-order valence-corrected chi connectivity index (χ0v) is 16.2. The van der Waals surface area contributed by atoms with E-state index in [0.29, 0.717) is 18.7 Å². The maximum atomic E-state index is 14.1. The fourth-order valence-electron chi connectivity index (χ4n) is 4.14. The zero-order chi connectivity index (χ0) is 20.5. The number of hydrogen-bond donors (Lipinski definition) is 1. The lowest BCUT2D eigenvalue weighted by Gasteiger charge is -2.35. The summed E-state index contributed by atoms with van der Waals surface area (Å²) in [5, 5.41) is 0. The third-order valence-corrected chi connectivity index (χ3v) is 5.78. The van der Waals surface area contributed by atoms with E-state index in [0.717, 1.165) is 28.6 Å². The van der Waals surface area contributed by atoms with E-state index in [1.54, 1.807) is 13.0 Å². The highest BCUT2D eigenvalue weighted by Crippen LogP contribution is 2.25. The van der Waals surface area contributed by atoms with Crippen molar-refractivity contribution in [2.45, 2.75) is 19.4 Å². The van der Waals surface area contributed by atoms with E-state index in [4.69, 9.17) is 0 Å². The molecule has 2 amide bonds. The van der Waals surface area contributed by atoms with Gasteiger partial charge in [0.05, 0.1) is 38.3 Å². The number of carbonyl (C=O) groups is 3. The van der Waals surface area contributed by atoms with Crippen molar-refractivity contribution in [3.63, 3.8) is 0 Å². The molecule has 2 aliphatic heterocycles. The molecule has 2 aromatic carbocycles. The van der Waals surface area contributed by atoms with Crippen molar-refractivity contribution >= 4 is 29.0 Å². The van der Waals surface area contributed by atoms with E-state index in [-0.39, 0.29) is 29.7 Å². The molecular formula is C22H23FN3O3+. The molecular weight excluding hydrogens is 373 g/mol. The van der Waals surface area contributed by atoms with Gasteiger partial charge in [-0.15, -0.1) is 0 Å². The molecule has 0 unspecified atom stereocenters. The number of hydrogen-bond acceptors (Lipinski definition) is 4. The van der Waals surface area contributed by atoms with Crippen LogP contribution in [0, 0.1) is 5.82 Å². The first-order chi connectivity index (χ1) is 14.0. The maximum absolute atomic E-state index is 14.1. The summed E-state index contributed by atoms with van der Waals surface area (Å²) in [6, 6.07) is 12.9. The van der Waals surface area contributed by atoms with Crippen molar-refractivity contribution < 1.29 is 23.7 Å². The van der Waals surface area contributed by atoms with Gasteiger partial charge in [-0.25, -0.2) is 9.29 Å². The second kappa shape index (κ2) is 7.75. The van der Waals surface area contributed by atoms with Crippen LogP contribution in [0.4, 0.5) is 15.8 Å². The number of benzene rings is 2. The Morgan fingerprint density at radius 1 is 1.03 bits per heavy atom. The summed E-state index contributed by atoms with van der Waals surface area (Å²) in [5.41, 5.74) is 1.76. The van der Waals surface area contributed by atoms with Gasteiger partial charge in [-0.1, -0.05) is 12.1 Å². The van der Waals surface area contributed by atoms with Gasteiger partial charge in [-0.2, -0.15) is 0 Å². The third kappa shape index (κ3) is 3.65. The molecule has 4 rings (SSSR count). The number of nitrogens with one attached hydrogen (secondary N) is 1. The lowest BCUT2D eigenvalue weighted by Crippen LogP contribution is -3.19. The van der Waals surface area contributed by atoms with Gasteiger partial charge in [0.1, 0.15) is 5.82 Å². The topological polar surface area (TPSA) is 62.1 Å². The minimum absolute atomic E-state index is 0.0357. The quantitative estimate of drug-likeness (QED) is 0.620. The highest BCUT2D eigenvalue weighted by Gasteiger charge is 2.47. The summed E-state index contributed by atoms with van der Waals surface area (Å²) in [7, 11) is 0. The van der Waals surface area contributed by atoms with Gasteiger partial charge >= 0.3 is 0 Å². The number of ketones is 1. The Bertz CT molecular complexity index is 952. The molecule has 0 aliphatic carbocycles. The monoisotopic (exact) mass is 396 g/mol. The van der Waals surface area contributed by atoms with Crippen LogP contribution >= 0.6 is 0 Å². The number of anilines is 2. The minimum Gasteiger partial charge on any atom is -0.360 e. The van der Waals surface area contributed by atoms with Gasteiger partial charge in [0, 0.05) is 11.3 Å². The smallest absolute Gasteiger partial charge is 0.292 e. The molecule has 2 aromatic rings. The number of nitrogens with zero attached hydrogens (tertiary/aromatic N) is 2. The first-order valence-electron chi connectivity index (χ1n) is 9.77. The van der Waals surface area contributed by atoms with Crippen LogP contribution in [-0.2, 0) is 9.59 Å². The number of imide groups is 1. The van der Waals surface area contributed by atoms with E-state index in [1.165, 1.54) is 18.2 Å². The Balaban J connectivity index is 1.42. The molecule has 0 bridgehead atoms. The van der Waals surface area contributed by atoms with Gasteiger partial charge in [0.25, 0.3) is 5.91 Å². The highest BCUT2D eigenvalue weighted by molar-refractivity contribution is 6.21. The average Bonchev–Trinajstić information content (AvgIpc) is 3.03. The van der Waals surface area contributed by atoms with Gasteiger partial charge in [0.2, 0.25) is 5.91 Å². The minimum atomic E-state index is -0.566. The SMILES string of the molecule is CC(=O)c1ccc(N2CC[NH+]([C@@H]3CC(=O)N(c4ccccc4F)C3=O)CC2)cc1. The van der Waals surface area contributed by atoms with Gasteiger partial charge in [0.15, 0.2) is 11.8 Å². The van der Waals surface area contributed by atoms with Crippen molar-refractivity contribution in [3.8, 4) is 0 Å². The molecule has 6 nitrogen and oxygen atoms in total. The third-order valence-electron chi connectivity index (χ3n) is 5.78. The number of rotatable bonds is 4. The van der Waals surface area contributed by atoms with E-state index >= 15 is 0 Å². The molecule has 0 radical (unpaired) electrons. The predicted octanol–water partition coefficient (Wildman–Crippen LogP) is 1.07. The summed E-state index contributed by atoms with van der Waals surface area (Å²) >= 11 is 0. The number of halogens is 1. The number of para-hydroxylation sites is 1. The van der Waals surface area contributed by atoms with Crippen molar-refractivity contribution in [2.75, 3.05) is 36.0 Å². The molecule has 29 heavy (non-hydrogen) atoms. The van der Waals surface area contributed by atoms with Crippen LogP contribution in [0.1, 0.15) is 23.7 Å². The predicted molar refractivity (Wildman–Crippen MR) is 107 cm³/mol. The van der Waals surface area contributed by atoms with Crippen molar-refractivity contribution in [3.05, 3.63) is 59.9 Å². The highest BCUT2D eigenvalue weighted by atomic mass is 19.1. The van der Waals surface area contributed by atoms with Crippen LogP contribution in [-0.4, -0.2) is 49.8 Å². The van der Waals surface area contributed by atoms with Crippen molar-refractivity contribution in [1.82, 2.24) is 0 Å². The summed E-state index contributed by atoms with van der Waals surface area (Å²) in [6.07, 6.45) is 0.107. The second-order valence-corrected chi connectivity index (χ2v) is 7.52. The molecule has 1 atom stereocenters. The molecule has 150 valence electrons. The van der Waals surface area contributed by atoms with Crippen LogP contribution in [0.15, 0.2) is 48.5 Å². The lowest BCUT2D eigenvalue weighted by molar-refractivity contribution is -0.915. The Kier molecular flexibility index (Phi) is 5.15. The number of amides is 2. The Labute approximate surface area is 168 Å². The first kappa shape index (κ1) is 19.3. The molecule has 2 heterocycles. The summed E-state index contributed by atoms with van der Waals surface area (Å²) in [5.74, 6) is -1.20. The molecule has 7 heteroatoms. The molecule has 0 spiro atoms. The number of piperazine rings is 1. The lowest BCUT2D eigenvalue weighted by atomic mass is 10.1. The van der Waals surface area contributed by atoms with E-state index in [2.05, 4.69) is 4.90 Å². The van der Waals surface area contributed by atoms with Crippen LogP contribution < -0.4 is 14.7 Å². The number of carbonyl (C=O) groups excluding carboxylic acids is 3. The fourth-order valence-corrected chi connectivity index (χ4v) is 4.14. The summed E-state index contributed by atoms with van der Waals surface area (Å²) < 4.78 is 14.1. The Morgan fingerprint density at radius 3 is 2.31 bits per heavy atom. The maximum Gasteiger partial charge on any atom is 0.292 e. The van der Waals surface area contributed by atoms with E-state index in [1.807, 2.05) is 24.3 Å². The summed E-state index contributed by atoms with van der Waals surface area (Å²) in [6.45, 7) is 4.45. The number of quaternary nitrogens is 1. The Hall–Kier alpha value is -3.06. The van der Waals surface area contributed by atoms with Crippen LogP contribution in [0.3, 0.4) is 0 Å². The van der Waals surface area contributed by atoms with Gasteiger partial charge in [-0.3, -0.25) is 14.4 Å². The van der Waals surface area contributed by atoms with Crippen molar-refractivity contribution in [2.24, 2.45) is 0 Å². The molecule has 0 saturated carbocycles. The summed E-state index contributed by atoms with van der Waals surface area (Å²) in [4.78, 5) is 41.0. The normalized spacial score (nSPS) is 20.4.